The number of rotatable bonds is 1. The van der Waals surface area contributed by atoms with Crippen LogP contribution in [0.2, 0.25) is 0 Å². The first-order chi connectivity index (χ1) is 7.04. The summed E-state index contributed by atoms with van der Waals surface area (Å²) in [4.78, 5) is 22.7. The Morgan fingerprint density at radius 1 is 1.47 bits per heavy atom. The maximum absolute atomic E-state index is 11.6. The van der Waals surface area contributed by atoms with Crippen LogP contribution in [0.15, 0.2) is 24.3 Å². The number of carbonyl (C=O) groups is 2. The van der Waals surface area contributed by atoms with Gasteiger partial charge in [-0.2, -0.15) is 0 Å². The molecule has 0 saturated heterocycles. The molecule has 1 aliphatic heterocycles. The SMILES string of the molecule is CC1(C(=O)O)Cc2ccccc2NC1=O. The molecule has 1 heterocycles. The molecule has 1 aromatic rings. The number of carbonyl (C=O) groups excluding carboxylic acids is 1. The first-order valence-corrected chi connectivity index (χ1v) is 4.67. The third-order valence-electron chi connectivity index (χ3n) is 2.78. The first kappa shape index (κ1) is 9.71. The maximum Gasteiger partial charge on any atom is 0.319 e. The quantitative estimate of drug-likeness (QED) is 0.678. The average molecular weight is 205 g/mol. The monoisotopic (exact) mass is 205 g/mol. The molecule has 4 nitrogen and oxygen atoms in total. The Kier molecular flexibility index (Phi) is 2.00. The molecule has 1 unspecified atom stereocenters. The van der Waals surface area contributed by atoms with Crippen molar-refractivity contribution in [3.8, 4) is 0 Å². The Morgan fingerprint density at radius 2 is 2.13 bits per heavy atom. The van der Waals surface area contributed by atoms with Gasteiger partial charge in [0.1, 0.15) is 5.41 Å². The molecule has 0 aromatic heterocycles. The Bertz CT molecular complexity index is 441. The first-order valence-electron chi connectivity index (χ1n) is 4.67. The van der Waals surface area contributed by atoms with Crippen LogP contribution in [0.4, 0.5) is 5.69 Å². The van der Waals surface area contributed by atoms with Crippen molar-refractivity contribution in [3.05, 3.63) is 29.8 Å². The van der Waals surface area contributed by atoms with Crippen molar-refractivity contribution in [2.75, 3.05) is 5.32 Å². The molecule has 78 valence electrons. The minimum atomic E-state index is -1.35. The number of hydrogen-bond acceptors (Lipinski definition) is 2. The van der Waals surface area contributed by atoms with Gasteiger partial charge in [-0.1, -0.05) is 18.2 Å². The van der Waals surface area contributed by atoms with Crippen LogP contribution in [-0.2, 0) is 16.0 Å². The standard InChI is InChI=1S/C11H11NO3/c1-11(10(14)15)6-7-4-2-3-5-8(7)12-9(11)13/h2-5H,6H2,1H3,(H,12,13)(H,14,15). The summed E-state index contributed by atoms with van der Waals surface area (Å²) in [5.41, 5.74) is 0.220. The van der Waals surface area contributed by atoms with Crippen LogP contribution in [-0.4, -0.2) is 17.0 Å². The second-order valence-electron chi connectivity index (χ2n) is 3.93. The molecule has 2 rings (SSSR count). The van der Waals surface area contributed by atoms with E-state index in [4.69, 9.17) is 5.11 Å². The van der Waals surface area contributed by atoms with E-state index in [-0.39, 0.29) is 6.42 Å². The molecular weight excluding hydrogens is 194 g/mol. The van der Waals surface area contributed by atoms with E-state index in [1.807, 2.05) is 18.2 Å². The van der Waals surface area contributed by atoms with Crippen molar-refractivity contribution in [1.82, 2.24) is 0 Å². The molecule has 1 aliphatic rings. The van der Waals surface area contributed by atoms with Gasteiger partial charge in [-0.25, -0.2) is 0 Å². The topological polar surface area (TPSA) is 66.4 Å². The van der Waals surface area contributed by atoms with E-state index in [2.05, 4.69) is 5.32 Å². The molecule has 1 aromatic carbocycles. The Balaban J connectivity index is 2.46. The fraction of sp³-hybridized carbons (Fsp3) is 0.273. The molecule has 2 N–H and O–H groups in total. The molecule has 0 aliphatic carbocycles. The number of anilines is 1. The smallest absolute Gasteiger partial charge is 0.319 e. The van der Waals surface area contributed by atoms with Crippen molar-refractivity contribution in [1.29, 1.82) is 0 Å². The van der Waals surface area contributed by atoms with Crippen molar-refractivity contribution in [2.24, 2.45) is 5.41 Å². The van der Waals surface area contributed by atoms with E-state index in [0.717, 1.165) is 5.56 Å². The summed E-state index contributed by atoms with van der Waals surface area (Å²) in [6.45, 7) is 1.45. The van der Waals surface area contributed by atoms with E-state index in [0.29, 0.717) is 5.69 Å². The van der Waals surface area contributed by atoms with Gasteiger partial charge < -0.3 is 10.4 Å². The molecule has 0 saturated carbocycles. The van der Waals surface area contributed by atoms with Gasteiger partial charge in [0.25, 0.3) is 0 Å². The Morgan fingerprint density at radius 3 is 2.80 bits per heavy atom. The number of para-hydroxylation sites is 1. The van der Waals surface area contributed by atoms with Crippen molar-refractivity contribution in [2.45, 2.75) is 13.3 Å². The van der Waals surface area contributed by atoms with Gasteiger partial charge in [0.2, 0.25) is 5.91 Å². The van der Waals surface area contributed by atoms with Gasteiger partial charge in [-0.3, -0.25) is 9.59 Å². The van der Waals surface area contributed by atoms with Crippen molar-refractivity contribution < 1.29 is 14.7 Å². The summed E-state index contributed by atoms with van der Waals surface area (Å²) >= 11 is 0. The maximum atomic E-state index is 11.6. The van der Waals surface area contributed by atoms with Crippen LogP contribution >= 0.6 is 0 Å². The molecule has 1 atom stereocenters. The fourth-order valence-corrected chi connectivity index (χ4v) is 1.69. The predicted molar refractivity (Wildman–Crippen MR) is 54.5 cm³/mol. The van der Waals surface area contributed by atoms with Crippen LogP contribution in [0.1, 0.15) is 12.5 Å². The number of aliphatic carboxylic acids is 1. The lowest BCUT2D eigenvalue weighted by molar-refractivity contribution is -0.153. The molecule has 0 bridgehead atoms. The van der Waals surface area contributed by atoms with Gasteiger partial charge in [-0.15, -0.1) is 0 Å². The Labute approximate surface area is 86.9 Å². The van der Waals surface area contributed by atoms with Gasteiger partial charge in [0.05, 0.1) is 0 Å². The van der Waals surface area contributed by atoms with Crippen molar-refractivity contribution in [3.63, 3.8) is 0 Å². The summed E-state index contributed by atoms with van der Waals surface area (Å²) in [6.07, 6.45) is 0.240. The van der Waals surface area contributed by atoms with Gasteiger partial charge in [0, 0.05) is 5.69 Å². The number of benzene rings is 1. The highest BCUT2D eigenvalue weighted by molar-refractivity contribution is 6.10. The second kappa shape index (κ2) is 3.08. The molecule has 0 fully saturated rings. The lowest BCUT2D eigenvalue weighted by Crippen LogP contribution is -2.45. The molecule has 4 heteroatoms. The number of carboxylic acid groups (broad SMARTS) is 1. The number of nitrogens with one attached hydrogen (secondary N) is 1. The van der Waals surface area contributed by atoms with Crippen LogP contribution in [0.25, 0.3) is 0 Å². The van der Waals surface area contributed by atoms with Gasteiger partial charge >= 0.3 is 5.97 Å². The second-order valence-corrected chi connectivity index (χ2v) is 3.93. The number of hydrogen-bond donors (Lipinski definition) is 2. The highest BCUT2D eigenvalue weighted by Gasteiger charge is 2.44. The number of amides is 1. The summed E-state index contributed by atoms with van der Waals surface area (Å²) < 4.78 is 0. The third kappa shape index (κ3) is 1.38. The normalized spacial score (nSPS) is 24.2. The fourth-order valence-electron chi connectivity index (χ4n) is 1.69. The van der Waals surface area contributed by atoms with E-state index in [1.54, 1.807) is 6.07 Å². The molecule has 15 heavy (non-hydrogen) atoms. The molecule has 1 amide bonds. The van der Waals surface area contributed by atoms with Crippen LogP contribution in [0, 0.1) is 5.41 Å². The van der Waals surface area contributed by atoms with Crippen molar-refractivity contribution >= 4 is 17.6 Å². The van der Waals surface area contributed by atoms with E-state index in [1.165, 1.54) is 6.92 Å². The van der Waals surface area contributed by atoms with Gasteiger partial charge in [0.15, 0.2) is 0 Å². The summed E-state index contributed by atoms with van der Waals surface area (Å²) in [6, 6.07) is 7.24. The third-order valence-corrected chi connectivity index (χ3v) is 2.78. The zero-order valence-electron chi connectivity index (χ0n) is 8.28. The predicted octanol–water partition coefficient (Wildman–Crippen LogP) is 1.27. The highest BCUT2D eigenvalue weighted by atomic mass is 16.4. The van der Waals surface area contributed by atoms with E-state index < -0.39 is 17.3 Å². The number of carboxylic acids is 1. The van der Waals surface area contributed by atoms with E-state index >= 15 is 0 Å². The van der Waals surface area contributed by atoms with Crippen LogP contribution in [0.3, 0.4) is 0 Å². The zero-order chi connectivity index (χ0) is 11.1. The van der Waals surface area contributed by atoms with Crippen LogP contribution in [0.5, 0.6) is 0 Å². The van der Waals surface area contributed by atoms with Crippen LogP contribution < -0.4 is 5.32 Å². The number of fused-ring (bicyclic) bond motifs is 1. The minimum absolute atomic E-state index is 0.240. The lowest BCUT2D eigenvalue weighted by atomic mass is 9.79. The molecule has 0 radical (unpaired) electrons. The van der Waals surface area contributed by atoms with E-state index in [9.17, 15) is 9.59 Å². The highest BCUT2D eigenvalue weighted by Crippen LogP contribution is 2.33. The summed E-state index contributed by atoms with van der Waals surface area (Å²) in [7, 11) is 0. The van der Waals surface area contributed by atoms with Gasteiger partial charge in [-0.05, 0) is 25.0 Å². The summed E-state index contributed by atoms with van der Waals surface area (Å²) in [5.74, 6) is -1.54. The lowest BCUT2D eigenvalue weighted by Gasteiger charge is -2.29. The minimum Gasteiger partial charge on any atom is -0.480 e. The average Bonchev–Trinajstić information content (AvgIpc) is 2.19. The zero-order valence-corrected chi connectivity index (χ0v) is 8.28. The molecular formula is C11H11NO3. The largest absolute Gasteiger partial charge is 0.480 e. The summed E-state index contributed by atoms with van der Waals surface area (Å²) in [5, 5.41) is 11.6. The Hall–Kier alpha value is -1.84. The molecule has 0 spiro atoms.